The topological polar surface area (TPSA) is 56.0 Å². The van der Waals surface area contributed by atoms with Crippen LogP contribution in [0.1, 0.15) is 49.6 Å². The molecule has 1 unspecified atom stereocenters. The zero-order chi connectivity index (χ0) is 21.2. The Labute approximate surface area is 181 Å². The smallest absolute Gasteiger partial charge is 0.191 e. The first-order valence-electron chi connectivity index (χ1n) is 11.3. The second-order valence-corrected chi connectivity index (χ2v) is 7.81. The molecule has 0 radical (unpaired) electrons. The molecule has 1 atom stereocenters. The van der Waals surface area contributed by atoms with Crippen LogP contribution < -0.4 is 10.6 Å². The fourth-order valence-electron chi connectivity index (χ4n) is 4.11. The van der Waals surface area contributed by atoms with Crippen molar-refractivity contribution in [1.82, 2.24) is 20.4 Å². The van der Waals surface area contributed by atoms with Crippen LogP contribution in [0.2, 0.25) is 0 Å². The van der Waals surface area contributed by atoms with Crippen molar-refractivity contribution in [3.63, 3.8) is 0 Å². The molecule has 2 heterocycles. The second-order valence-electron chi connectivity index (χ2n) is 7.81. The standard InChI is InChI=1S/C24H37N5O/c1-4-28(5-2)19-21-12-7-6-11-20(21)17-26-24(25-3)27-18-22(23-13-10-16-30-23)29-14-8-9-15-29/h6-7,10-13,16,22H,4-5,8-9,14-15,17-19H2,1-3H3,(H2,25,26,27). The Balaban J connectivity index is 1.58. The zero-order valence-electron chi connectivity index (χ0n) is 18.7. The Hall–Kier alpha value is -2.31. The van der Waals surface area contributed by atoms with Crippen molar-refractivity contribution < 1.29 is 4.42 Å². The Morgan fingerprint density at radius 1 is 1.07 bits per heavy atom. The summed E-state index contributed by atoms with van der Waals surface area (Å²) in [6.45, 7) is 11.3. The highest BCUT2D eigenvalue weighted by Gasteiger charge is 2.25. The first kappa shape index (κ1) is 22.4. The first-order chi connectivity index (χ1) is 14.7. The van der Waals surface area contributed by atoms with E-state index in [-0.39, 0.29) is 6.04 Å². The van der Waals surface area contributed by atoms with Gasteiger partial charge in [0.1, 0.15) is 5.76 Å². The quantitative estimate of drug-likeness (QED) is 0.462. The van der Waals surface area contributed by atoms with Crippen LogP contribution >= 0.6 is 0 Å². The summed E-state index contributed by atoms with van der Waals surface area (Å²) < 4.78 is 5.73. The molecule has 0 spiro atoms. The monoisotopic (exact) mass is 411 g/mol. The highest BCUT2D eigenvalue weighted by Crippen LogP contribution is 2.24. The van der Waals surface area contributed by atoms with Crippen molar-refractivity contribution in [3.05, 3.63) is 59.5 Å². The van der Waals surface area contributed by atoms with Crippen molar-refractivity contribution in [1.29, 1.82) is 0 Å². The summed E-state index contributed by atoms with van der Waals surface area (Å²) in [5, 5.41) is 7.01. The largest absolute Gasteiger partial charge is 0.468 e. The summed E-state index contributed by atoms with van der Waals surface area (Å²) in [5.74, 6) is 1.84. The Kier molecular flexibility index (Phi) is 8.78. The maximum atomic E-state index is 5.73. The molecule has 1 aromatic heterocycles. The Morgan fingerprint density at radius 3 is 2.43 bits per heavy atom. The summed E-state index contributed by atoms with van der Waals surface area (Å²) in [6.07, 6.45) is 4.28. The molecular formula is C24H37N5O. The normalized spacial score (nSPS) is 16.2. The number of hydrogen-bond donors (Lipinski definition) is 2. The predicted octanol–water partition coefficient (Wildman–Crippen LogP) is 3.62. The van der Waals surface area contributed by atoms with Crippen LogP contribution in [0.3, 0.4) is 0 Å². The Bertz CT molecular complexity index is 764. The molecule has 164 valence electrons. The van der Waals surface area contributed by atoms with Crippen LogP contribution in [-0.4, -0.2) is 55.5 Å². The number of furan rings is 1. The highest BCUT2D eigenvalue weighted by atomic mass is 16.3. The lowest BCUT2D eigenvalue weighted by atomic mass is 10.1. The summed E-state index contributed by atoms with van der Waals surface area (Å²) in [6, 6.07) is 12.9. The number of nitrogens with one attached hydrogen (secondary N) is 2. The van der Waals surface area contributed by atoms with E-state index in [1.807, 2.05) is 13.1 Å². The van der Waals surface area contributed by atoms with Gasteiger partial charge in [-0.05, 0) is 62.3 Å². The van der Waals surface area contributed by atoms with Gasteiger partial charge in [-0.15, -0.1) is 0 Å². The van der Waals surface area contributed by atoms with Gasteiger partial charge in [0, 0.05) is 26.7 Å². The molecule has 2 N–H and O–H groups in total. The number of benzene rings is 1. The van der Waals surface area contributed by atoms with Crippen molar-refractivity contribution in [2.24, 2.45) is 4.99 Å². The van der Waals surface area contributed by atoms with Gasteiger partial charge in [-0.3, -0.25) is 14.8 Å². The van der Waals surface area contributed by atoms with Crippen LogP contribution in [0.25, 0.3) is 0 Å². The van der Waals surface area contributed by atoms with Gasteiger partial charge in [0.25, 0.3) is 0 Å². The molecular weight excluding hydrogens is 374 g/mol. The molecule has 0 bridgehead atoms. The number of hydrogen-bond acceptors (Lipinski definition) is 4. The molecule has 3 rings (SSSR count). The van der Waals surface area contributed by atoms with E-state index in [1.165, 1.54) is 24.0 Å². The summed E-state index contributed by atoms with van der Waals surface area (Å²) in [7, 11) is 1.83. The highest BCUT2D eigenvalue weighted by molar-refractivity contribution is 5.79. The van der Waals surface area contributed by atoms with Crippen LogP contribution in [0, 0.1) is 0 Å². The molecule has 1 fully saturated rings. The lowest BCUT2D eigenvalue weighted by Crippen LogP contribution is -2.42. The molecule has 0 saturated carbocycles. The molecule has 2 aromatic rings. The molecule has 6 nitrogen and oxygen atoms in total. The van der Waals surface area contributed by atoms with Crippen molar-refractivity contribution in [2.75, 3.05) is 39.8 Å². The van der Waals surface area contributed by atoms with Gasteiger partial charge in [0.2, 0.25) is 0 Å². The zero-order valence-corrected chi connectivity index (χ0v) is 18.7. The number of likely N-dealkylation sites (tertiary alicyclic amines) is 1. The van der Waals surface area contributed by atoms with Crippen molar-refractivity contribution >= 4 is 5.96 Å². The molecule has 1 aromatic carbocycles. The van der Waals surface area contributed by atoms with Gasteiger partial charge in [0.05, 0.1) is 12.3 Å². The van der Waals surface area contributed by atoms with Gasteiger partial charge in [-0.1, -0.05) is 38.1 Å². The van der Waals surface area contributed by atoms with E-state index in [1.54, 1.807) is 6.26 Å². The maximum Gasteiger partial charge on any atom is 0.191 e. The minimum atomic E-state index is 0.232. The number of rotatable bonds is 10. The lowest BCUT2D eigenvalue weighted by Gasteiger charge is -2.27. The van der Waals surface area contributed by atoms with E-state index in [0.29, 0.717) is 0 Å². The van der Waals surface area contributed by atoms with Crippen LogP contribution in [0.15, 0.2) is 52.1 Å². The summed E-state index contributed by atoms with van der Waals surface area (Å²) in [5.41, 5.74) is 2.68. The molecule has 0 amide bonds. The number of aliphatic imine (C=N–C) groups is 1. The molecule has 1 aliphatic heterocycles. The van der Waals surface area contributed by atoms with E-state index in [9.17, 15) is 0 Å². The lowest BCUT2D eigenvalue weighted by molar-refractivity contribution is 0.215. The molecule has 1 saturated heterocycles. The van der Waals surface area contributed by atoms with Crippen LogP contribution in [0.4, 0.5) is 0 Å². The van der Waals surface area contributed by atoms with Crippen molar-refractivity contribution in [3.8, 4) is 0 Å². The van der Waals surface area contributed by atoms with Crippen LogP contribution in [0.5, 0.6) is 0 Å². The average molecular weight is 412 g/mol. The third-order valence-electron chi connectivity index (χ3n) is 5.99. The SMILES string of the molecule is CCN(CC)Cc1ccccc1CNC(=NC)NCC(c1ccco1)N1CCCC1. The van der Waals surface area contributed by atoms with E-state index in [4.69, 9.17) is 4.42 Å². The fourth-order valence-corrected chi connectivity index (χ4v) is 4.11. The number of guanidine groups is 1. The second kappa shape index (κ2) is 11.8. The minimum absolute atomic E-state index is 0.232. The molecule has 1 aliphatic rings. The average Bonchev–Trinajstić information content (AvgIpc) is 3.50. The third kappa shape index (κ3) is 6.09. The van der Waals surface area contributed by atoms with E-state index in [2.05, 4.69) is 69.6 Å². The fraction of sp³-hybridized carbons (Fsp3) is 0.542. The predicted molar refractivity (Wildman–Crippen MR) is 124 cm³/mol. The van der Waals surface area contributed by atoms with Crippen LogP contribution in [-0.2, 0) is 13.1 Å². The summed E-state index contributed by atoms with van der Waals surface area (Å²) in [4.78, 5) is 9.38. The van der Waals surface area contributed by atoms with Crippen molar-refractivity contribution in [2.45, 2.75) is 45.8 Å². The van der Waals surface area contributed by atoms with E-state index >= 15 is 0 Å². The van der Waals surface area contributed by atoms with Gasteiger partial charge in [0.15, 0.2) is 5.96 Å². The van der Waals surface area contributed by atoms with Gasteiger partial charge >= 0.3 is 0 Å². The van der Waals surface area contributed by atoms with Gasteiger partial charge in [-0.2, -0.15) is 0 Å². The molecule has 30 heavy (non-hydrogen) atoms. The van der Waals surface area contributed by atoms with E-state index in [0.717, 1.165) is 57.5 Å². The third-order valence-corrected chi connectivity index (χ3v) is 5.99. The van der Waals surface area contributed by atoms with Gasteiger partial charge < -0.3 is 15.1 Å². The molecule has 6 heteroatoms. The minimum Gasteiger partial charge on any atom is -0.468 e. The Morgan fingerprint density at radius 2 is 1.80 bits per heavy atom. The maximum absolute atomic E-state index is 5.73. The van der Waals surface area contributed by atoms with Gasteiger partial charge in [-0.25, -0.2) is 0 Å². The van der Waals surface area contributed by atoms with E-state index < -0.39 is 0 Å². The molecule has 0 aliphatic carbocycles. The number of nitrogens with zero attached hydrogens (tertiary/aromatic N) is 3. The summed E-state index contributed by atoms with van der Waals surface area (Å²) >= 11 is 0. The first-order valence-corrected chi connectivity index (χ1v) is 11.3.